The van der Waals surface area contributed by atoms with Crippen molar-refractivity contribution in [3.05, 3.63) is 78.4 Å². The third-order valence-corrected chi connectivity index (χ3v) is 6.28. The van der Waals surface area contributed by atoms with Crippen molar-refractivity contribution in [1.29, 1.82) is 0 Å². The zero-order chi connectivity index (χ0) is 23.9. The third-order valence-electron chi connectivity index (χ3n) is 5.20. The number of rotatable bonds is 9. The molecular weight excluding hydrogens is 450 g/mol. The van der Waals surface area contributed by atoms with E-state index in [4.69, 9.17) is 4.74 Å². The van der Waals surface area contributed by atoms with Crippen LogP contribution < -0.4 is 20.7 Å². The Kier molecular flexibility index (Phi) is 7.49. The molecule has 1 aliphatic rings. The van der Waals surface area contributed by atoms with Crippen LogP contribution in [-0.4, -0.2) is 30.6 Å². The van der Waals surface area contributed by atoms with E-state index in [1.54, 1.807) is 67.8 Å². The van der Waals surface area contributed by atoms with Crippen LogP contribution in [0.25, 0.3) is 0 Å². The number of carbonyl (C=O) groups excluding carboxylic acids is 3. The van der Waals surface area contributed by atoms with E-state index in [0.717, 1.165) is 12.8 Å². The molecule has 0 saturated heterocycles. The van der Waals surface area contributed by atoms with E-state index < -0.39 is 0 Å². The number of nitrogens with one attached hydrogen (secondary N) is 3. The van der Waals surface area contributed by atoms with Crippen molar-refractivity contribution in [1.82, 2.24) is 0 Å². The van der Waals surface area contributed by atoms with Crippen molar-refractivity contribution >= 4 is 46.5 Å². The van der Waals surface area contributed by atoms with Gasteiger partial charge >= 0.3 is 0 Å². The number of hydrogen-bond acceptors (Lipinski definition) is 5. The van der Waals surface area contributed by atoms with Crippen LogP contribution in [0.3, 0.4) is 0 Å². The molecular formula is C26H25N3O4S. The van der Waals surface area contributed by atoms with Gasteiger partial charge in [-0.25, -0.2) is 0 Å². The lowest BCUT2D eigenvalue weighted by Crippen LogP contribution is -2.16. The first-order valence-corrected chi connectivity index (χ1v) is 11.9. The molecule has 8 heteroatoms. The van der Waals surface area contributed by atoms with Crippen molar-refractivity contribution in [2.75, 3.05) is 28.8 Å². The first-order chi connectivity index (χ1) is 16.5. The summed E-state index contributed by atoms with van der Waals surface area (Å²) < 4.78 is 5.17. The molecule has 34 heavy (non-hydrogen) atoms. The zero-order valence-corrected chi connectivity index (χ0v) is 19.5. The Morgan fingerprint density at radius 3 is 2.26 bits per heavy atom. The van der Waals surface area contributed by atoms with Gasteiger partial charge in [-0.3, -0.25) is 14.4 Å². The van der Waals surface area contributed by atoms with Gasteiger partial charge in [0.25, 0.3) is 5.91 Å². The predicted molar refractivity (Wildman–Crippen MR) is 135 cm³/mol. The van der Waals surface area contributed by atoms with Crippen LogP contribution in [0.2, 0.25) is 0 Å². The van der Waals surface area contributed by atoms with Gasteiger partial charge in [-0.15, -0.1) is 11.8 Å². The van der Waals surface area contributed by atoms with Crippen LogP contribution in [0.5, 0.6) is 5.75 Å². The maximum atomic E-state index is 12.9. The van der Waals surface area contributed by atoms with E-state index in [1.807, 2.05) is 12.1 Å². The molecule has 1 saturated carbocycles. The minimum absolute atomic E-state index is 0.0400. The topological polar surface area (TPSA) is 96.5 Å². The number of ether oxygens (including phenoxy) is 1. The number of hydrogen-bond donors (Lipinski definition) is 3. The number of thioether (sulfide) groups is 1. The smallest absolute Gasteiger partial charge is 0.256 e. The fourth-order valence-corrected chi connectivity index (χ4v) is 4.10. The number of amides is 3. The Bertz CT molecular complexity index is 1190. The van der Waals surface area contributed by atoms with Gasteiger partial charge in [-0.1, -0.05) is 18.2 Å². The van der Waals surface area contributed by atoms with Gasteiger partial charge in [0.05, 0.1) is 18.4 Å². The molecule has 1 aliphatic carbocycles. The maximum Gasteiger partial charge on any atom is 0.256 e. The summed E-state index contributed by atoms with van der Waals surface area (Å²) in [6.45, 7) is 0. The highest BCUT2D eigenvalue weighted by Crippen LogP contribution is 2.30. The van der Waals surface area contributed by atoms with Crippen molar-refractivity contribution < 1.29 is 19.1 Å². The molecule has 0 bridgehead atoms. The Labute approximate surface area is 202 Å². The molecule has 0 unspecified atom stereocenters. The summed E-state index contributed by atoms with van der Waals surface area (Å²) in [5, 5.41) is 8.59. The third kappa shape index (κ3) is 6.39. The summed E-state index contributed by atoms with van der Waals surface area (Å²) in [6.07, 6.45) is 1.89. The lowest BCUT2D eigenvalue weighted by Gasteiger charge is -2.11. The van der Waals surface area contributed by atoms with Gasteiger partial charge in [0, 0.05) is 33.9 Å². The van der Waals surface area contributed by atoms with E-state index in [9.17, 15) is 14.4 Å². The van der Waals surface area contributed by atoms with E-state index in [-0.39, 0.29) is 29.4 Å². The Morgan fingerprint density at radius 1 is 0.853 bits per heavy atom. The lowest BCUT2D eigenvalue weighted by molar-refractivity contribution is -0.117. The van der Waals surface area contributed by atoms with Crippen LogP contribution >= 0.6 is 11.8 Å². The van der Waals surface area contributed by atoms with Crippen molar-refractivity contribution in [2.24, 2.45) is 5.92 Å². The van der Waals surface area contributed by atoms with Crippen LogP contribution in [0.1, 0.15) is 23.2 Å². The van der Waals surface area contributed by atoms with E-state index in [2.05, 4.69) is 16.0 Å². The second-order valence-corrected chi connectivity index (χ2v) is 8.88. The molecule has 7 nitrogen and oxygen atoms in total. The lowest BCUT2D eigenvalue weighted by atomic mass is 10.2. The van der Waals surface area contributed by atoms with Crippen molar-refractivity contribution in [2.45, 2.75) is 17.7 Å². The predicted octanol–water partition coefficient (Wildman–Crippen LogP) is 5.03. The molecule has 0 spiro atoms. The molecule has 1 fully saturated rings. The average Bonchev–Trinajstić information content (AvgIpc) is 3.70. The highest BCUT2D eigenvalue weighted by molar-refractivity contribution is 8.00. The van der Waals surface area contributed by atoms with Gasteiger partial charge in [-0.05, 0) is 61.4 Å². The van der Waals surface area contributed by atoms with Crippen LogP contribution in [0, 0.1) is 5.92 Å². The molecule has 3 N–H and O–H groups in total. The second-order valence-electron chi connectivity index (χ2n) is 7.86. The highest BCUT2D eigenvalue weighted by Gasteiger charge is 2.29. The quantitative estimate of drug-likeness (QED) is 0.377. The summed E-state index contributed by atoms with van der Waals surface area (Å²) in [7, 11) is 1.57. The molecule has 0 heterocycles. The highest BCUT2D eigenvalue weighted by atomic mass is 32.2. The van der Waals surface area contributed by atoms with Crippen molar-refractivity contribution in [3.8, 4) is 5.75 Å². The zero-order valence-electron chi connectivity index (χ0n) is 18.7. The van der Waals surface area contributed by atoms with Gasteiger partial charge in [0.2, 0.25) is 11.8 Å². The maximum absolute atomic E-state index is 12.9. The average molecular weight is 476 g/mol. The second kappa shape index (κ2) is 10.9. The van der Waals surface area contributed by atoms with Gasteiger partial charge < -0.3 is 20.7 Å². The molecule has 0 radical (unpaired) electrons. The fraction of sp³-hybridized carbons (Fsp3) is 0.192. The molecule has 3 aromatic carbocycles. The number of carbonyl (C=O) groups is 3. The summed E-state index contributed by atoms with van der Waals surface area (Å²) in [5.41, 5.74) is 2.44. The first kappa shape index (κ1) is 23.4. The van der Waals surface area contributed by atoms with E-state index in [1.165, 1.54) is 11.8 Å². The van der Waals surface area contributed by atoms with Gasteiger partial charge in [-0.2, -0.15) is 0 Å². The van der Waals surface area contributed by atoms with Crippen LogP contribution in [-0.2, 0) is 9.59 Å². The fourth-order valence-electron chi connectivity index (χ4n) is 3.25. The minimum Gasteiger partial charge on any atom is -0.497 e. The summed E-state index contributed by atoms with van der Waals surface area (Å²) in [6, 6.07) is 21.3. The van der Waals surface area contributed by atoms with Gasteiger partial charge in [0.15, 0.2) is 0 Å². The minimum atomic E-state index is -0.272. The molecule has 0 aliphatic heterocycles. The Morgan fingerprint density at radius 2 is 1.56 bits per heavy atom. The summed E-state index contributed by atoms with van der Waals surface area (Å²) in [5.74, 6) is 0.523. The monoisotopic (exact) mass is 475 g/mol. The van der Waals surface area contributed by atoms with E-state index in [0.29, 0.717) is 33.3 Å². The largest absolute Gasteiger partial charge is 0.497 e. The summed E-state index contributed by atoms with van der Waals surface area (Å²) >= 11 is 1.29. The molecule has 174 valence electrons. The molecule has 4 rings (SSSR count). The summed E-state index contributed by atoms with van der Waals surface area (Å²) in [4.78, 5) is 37.9. The number of anilines is 3. The van der Waals surface area contributed by atoms with Crippen LogP contribution in [0.4, 0.5) is 17.1 Å². The Hall–Kier alpha value is -3.78. The Balaban J connectivity index is 1.34. The first-order valence-electron chi connectivity index (χ1n) is 10.9. The van der Waals surface area contributed by atoms with Gasteiger partial charge in [0.1, 0.15) is 5.75 Å². The standard InChI is InChI=1S/C26H25N3O4S/c1-33-21-6-4-5-20(15-21)27-24(30)16-34-23-8-3-2-7-22(23)26(32)29-19-13-11-18(12-14-19)28-25(31)17-9-10-17/h2-8,11-15,17H,9-10,16H2,1H3,(H,27,30)(H,28,31)(H,29,32). The number of methoxy groups -OCH3 is 1. The van der Waals surface area contributed by atoms with Crippen molar-refractivity contribution in [3.63, 3.8) is 0 Å². The molecule has 3 amide bonds. The van der Waals surface area contributed by atoms with Crippen LogP contribution in [0.15, 0.2) is 77.7 Å². The number of benzene rings is 3. The normalized spacial score (nSPS) is 12.5. The van der Waals surface area contributed by atoms with E-state index >= 15 is 0 Å². The molecule has 0 atom stereocenters. The molecule has 0 aromatic heterocycles. The SMILES string of the molecule is COc1cccc(NC(=O)CSc2ccccc2C(=O)Nc2ccc(NC(=O)C3CC3)cc2)c1. The molecule has 3 aromatic rings.